The van der Waals surface area contributed by atoms with Gasteiger partial charge in [-0.05, 0) is 18.1 Å². The Morgan fingerprint density at radius 1 is 1.37 bits per heavy atom. The number of amides is 1. The lowest BCUT2D eigenvalue weighted by Crippen LogP contribution is -2.49. The average Bonchev–Trinajstić information content (AvgIpc) is 2.43. The van der Waals surface area contributed by atoms with Gasteiger partial charge in [-0.15, -0.1) is 0 Å². The number of fused-ring (bicyclic) bond motifs is 1. The van der Waals surface area contributed by atoms with Crippen LogP contribution < -0.4 is 10.8 Å². The zero-order valence-electron chi connectivity index (χ0n) is 11.0. The normalized spacial score (nSPS) is 18.8. The van der Waals surface area contributed by atoms with Gasteiger partial charge in [0.15, 0.2) is 6.29 Å². The van der Waals surface area contributed by atoms with Gasteiger partial charge >= 0.3 is 0 Å². The molecule has 1 amide bonds. The second-order valence-electron chi connectivity index (χ2n) is 4.27. The summed E-state index contributed by atoms with van der Waals surface area (Å²) in [5.41, 5.74) is 7.53. The van der Waals surface area contributed by atoms with E-state index < -0.39 is 12.3 Å². The maximum absolute atomic E-state index is 12.1. The van der Waals surface area contributed by atoms with Crippen molar-refractivity contribution in [3.8, 4) is 0 Å². The first-order valence-corrected chi connectivity index (χ1v) is 6.03. The highest BCUT2D eigenvalue weighted by atomic mass is 16.7. The van der Waals surface area contributed by atoms with Gasteiger partial charge in [-0.25, -0.2) is 0 Å². The van der Waals surface area contributed by atoms with Gasteiger partial charge < -0.3 is 15.2 Å². The predicted octanol–water partition coefficient (Wildman–Crippen LogP) is 0.454. The molecule has 0 bridgehead atoms. The van der Waals surface area contributed by atoms with Crippen LogP contribution in [0.15, 0.2) is 24.3 Å². The first-order valence-electron chi connectivity index (χ1n) is 6.03. The van der Waals surface area contributed by atoms with Crippen LogP contribution in [0.2, 0.25) is 0 Å². The highest BCUT2D eigenvalue weighted by Crippen LogP contribution is 2.27. The summed E-state index contributed by atoms with van der Waals surface area (Å²) < 4.78 is 10.0. The fourth-order valence-electron chi connectivity index (χ4n) is 1.98. The van der Waals surface area contributed by atoms with E-state index in [9.17, 15) is 4.79 Å². The Bertz CT molecular complexity index is 448. The minimum Gasteiger partial charge on any atom is -0.353 e. The van der Waals surface area contributed by atoms with Gasteiger partial charge in [0.1, 0.15) is 6.61 Å². The molecular weight excluding hydrogens is 248 g/mol. The SMILES string of the molecule is COC(CON1C(=O)[C@@H](N)Cc2ccccc21)OC. The molecule has 104 valence electrons. The van der Waals surface area contributed by atoms with Crippen LogP contribution in [-0.4, -0.2) is 39.1 Å². The van der Waals surface area contributed by atoms with Crippen LogP contribution in [0.5, 0.6) is 0 Å². The van der Waals surface area contributed by atoms with Gasteiger partial charge in [0.25, 0.3) is 5.91 Å². The van der Waals surface area contributed by atoms with Crippen molar-refractivity contribution in [2.24, 2.45) is 5.73 Å². The van der Waals surface area contributed by atoms with Gasteiger partial charge in [0.2, 0.25) is 0 Å². The van der Waals surface area contributed by atoms with E-state index >= 15 is 0 Å². The molecule has 6 heteroatoms. The summed E-state index contributed by atoms with van der Waals surface area (Å²) in [6.45, 7) is 0.111. The standard InChI is InChI=1S/C13H18N2O4/c1-17-12(18-2)8-19-15-11-6-4-3-5-9(11)7-10(14)13(15)16/h3-6,10,12H,7-8,14H2,1-2H3/t10-/m0/s1. The molecule has 2 N–H and O–H groups in total. The highest BCUT2D eigenvalue weighted by Gasteiger charge is 2.31. The Kier molecular flexibility index (Phi) is 4.49. The Morgan fingerprint density at radius 3 is 2.74 bits per heavy atom. The summed E-state index contributed by atoms with van der Waals surface area (Å²) in [4.78, 5) is 17.6. The third-order valence-electron chi connectivity index (χ3n) is 3.03. The number of nitrogens with zero attached hydrogens (tertiary/aromatic N) is 1. The summed E-state index contributed by atoms with van der Waals surface area (Å²) in [5.74, 6) is -0.260. The summed E-state index contributed by atoms with van der Waals surface area (Å²) in [5, 5.41) is 1.23. The number of rotatable bonds is 5. The van der Waals surface area contributed by atoms with Crippen LogP contribution in [0.3, 0.4) is 0 Å². The van der Waals surface area contributed by atoms with Gasteiger partial charge in [-0.2, -0.15) is 5.06 Å². The number of ether oxygens (including phenoxy) is 2. The molecule has 1 atom stereocenters. The summed E-state index contributed by atoms with van der Waals surface area (Å²) in [7, 11) is 3.02. The lowest BCUT2D eigenvalue weighted by Gasteiger charge is -2.32. The van der Waals surface area contributed by atoms with E-state index in [1.54, 1.807) is 0 Å². The molecule has 2 rings (SSSR count). The number of methoxy groups -OCH3 is 2. The molecule has 6 nitrogen and oxygen atoms in total. The van der Waals surface area contributed by atoms with E-state index in [0.29, 0.717) is 6.42 Å². The minimum absolute atomic E-state index is 0.111. The molecule has 0 aliphatic carbocycles. The first-order chi connectivity index (χ1) is 9.17. The van der Waals surface area contributed by atoms with Gasteiger partial charge in [0, 0.05) is 14.2 Å². The maximum atomic E-state index is 12.1. The van der Waals surface area contributed by atoms with E-state index in [4.69, 9.17) is 20.0 Å². The van der Waals surface area contributed by atoms with Crippen molar-refractivity contribution in [2.75, 3.05) is 25.9 Å². The quantitative estimate of drug-likeness (QED) is 0.783. The topological polar surface area (TPSA) is 74.0 Å². The lowest BCUT2D eigenvalue weighted by molar-refractivity contribution is -0.152. The number of carbonyl (C=O) groups excluding carboxylic acids is 1. The van der Waals surface area contributed by atoms with Crippen LogP contribution >= 0.6 is 0 Å². The van der Waals surface area contributed by atoms with Crippen LogP contribution in [0.1, 0.15) is 5.56 Å². The highest BCUT2D eigenvalue weighted by molar-refractivity contribution is 5.98. The molecule has 0 radical (unpaired) electrons. The van der Waals surface area contributed by atoms with Crippen molar-refractivity contribution in [1.29, 1.82) is 0 Å². The number of carbonyl (C=O) groups is 1. The monoisotopic (exact) mass is 266 g/mol. The molecule has 0 unspecified atom stereocenters. The van der Waals surface area contributed by atoms with Crippen molar-refractivity contribution >= 4 is 11.6 Å². The fourth-order valence-corrected chi connectivity index (χ4v) is 1.98. The Morgan fingerprint density at radius 2 is 2.05 bits per heavy atom. The third kappa shape index (κ3) is 2.93. The van der Waals surface area contributed by atoms with Crippen molar-refractivity contribution < 1.29 is 19.1 Å². The van der Waals surface area contributed by atoms with Gasteiger partial charge in [-0.1, -0.05) is 18.2 Å². The van der Waals surface area contributed by atoms with Crippen molar-refractivity contribution in [3.63, 3.8) is 0 Å². The number of hydrogen-bond acceptors (Lipinski definition) is 5. The average molecular weight is 266 g/mol. The van der Waals surface area contributed by atoms with Gasteiger partial charge in [0.05, 0.1) is 11.7 Å². The van der Waals surface area contributed by atoms with E-state index in [0.717, 1.165) is 11.3 Å². The molecule has 1 aromatic carbocycles. The van der Waals surface area contributed by atoms with Crippen molar-refractivity contribution in [1.82, 2.24) is 0 Å². The number of nitrogens with two attached hydrogens (primary N) is 1. The van der Waals surface area contributed by atoms with E-state index in [2.05, 4.69) is 0 Å². The number of benzene rings is 1. The largest absolute Gasteiger partial charge is 0.353 e. The van der Waals surface area contributed by atoms with E-state index in [1.165, 1.54) is 19.3 Å². The van der Waals surface area contributed by atoms with Crippen molar-refractivity contribution in [3.05, 3.63) is 29.8 Å². The number of anilines is 1. The fraction of sp³-hybridized carbons (Fsp3) is 0.462. The summed E-state index contributed by atoms with van der Waals surface area (Å²) in [6, 6.07) is 6.93. The molecule has 19 heavy (non-hydrogen) atoms. The Hall–Kier alpha value is -1.47. The molecule has 0 fully saturated rings. The zero-order chi connectivity index (χ0) is 13.8. The lowest BCUT2D eigenvalue weighted by atomic mass is 9.99. The first kappa shape index (κ1) is 14.0. The molecule has 1 aromatic rings. The van der Waals surface area contributed by atoms with E-state index in [-0.39, 0.29) is 12.5 Å². The molecule has 0 aromatic heterocycles. The molecule has 1 heterocycles. The number of hydroxylamine groups is 1. The Balaban J connectivity index is 2.16. The van der Waals surface area contributed by atoms with Crippen LogP contribution in [0, 0.1) is 0 Å². The molecule has 0 saturated heterocycles. The maximum Gasteiger partial charge on any atom is 0.268 e. The summed E-state index contributed by atoms with van der Waals surface area (Å²) >= 11 is 0. The molecule has 0 spiro atoms. The smallest absolute Gasteiger partial charge is 0.268 e. The number of hydrogen-bond donors (Lipinski definition) is 1. The summed E-state index contributed by atoms with van der Waals surface area (Å²) in [6.07, 6.45) is -0.00884. The zero-order valence-corrected chi connectivity index (χ0v) is 11.0. The Labute approximate surface area is 112 Å². The number of para-hydroxylation sites is 1. The molecular formula is C13H18N2O4. The van der Waals surface area contributed by atoms with Crippen molar-refractivity contribution in [2.45, 2.75) is 18.8 Å². The molecule has 1 aliphatic heterocycles. The predicted molar refractivity (Wildman–Crippen MR) is 69.4 cm³/mol. The minimum atomic E-state index is -0.585. The van der Waals surface area contributed by atoms with Crippen LogP contribution in [0.25, 0.3) is 0 Å². The third-order valence-corrected chi connectivity index (χ3v) is 3.03. The second kappa shape index (κ2) is 6.12. The van der Waals surface area contributed by atoms with Gasteiger partial charge in [-0.3, -0.25) is 9.63 Å². The van der Waals surface area contributed by atoms with Crippen LogP contribution in [-0.2, 0) is 25.5 Å². The molecule has 1 aliphatic rings. The second-order valence-corrected chi connectivity index (χ2v) is 4.27. The molecule has 0 saturated carbocycles. The van der Waals surface area contributed by atoms with Crippen LogP contribution in [0.4, 0.5) is 5.69 Å². The van der Waals surface area contributed by atoms with E-state index in [1.807, 2.05) is 24.3 Å².